The summed E-state index contributed by atoms with van der Waals surface area (Å²) in [7, 11) is 0. The number of amides is 1. The van der Waals surface area contributed by atoms with E-state index in [0.29, 0.717) is 11.8 Å². The first-order valence-electron chi connectivity index (χ1n) is 7.74. The molecule has 0 aromatic carbocycles. The number of nitrogens with one attached hydrogen (secondary N) is 1. The Bertz CT molecular complexity index is 470. The summed E-state index contributed by atoms with van der Waals surface area (Å²) in [6.07, 6.45) is 4.23. The van der Waals surface area contributed by atoms with Crippen molar-refractivity contribution in [1.82, 2.24) is 20.0 Å². The van der Waals surface area contributed by atoms with E-state index in [-0.39, 0.29) is 0 Å². The summed E-state index contributed by atoms with van der Waals surface area (Å²) in [4.78, 5) is 16.1. The number of nitrogens with zero attached hydrogens (tertiary/aromatic N) is 3. The van der Waals surface area contributed by atoms with Crippen LogP contribution in [0.15, 0.2) is 6.07 Å². The Balaban J connectivity index is 1.51. The minimum atomic E-state index is 0.335. The van der Waals surface area contributed by atoms with E-state index in [9.17, 15) is 4.79 Å². The number of carbonyl (C=O) groups is 1. The van der Waals surface area contributed by atoms with Crippen molar-refractivity contribution in [3.8, 4) is 0 Å². The second-order valence-corrected chi connectivity index (χ2v) is 6.10. The molecule has 110 valence electrons. The van der Waals surface area contributed by atoms with Crippen LogP contribution >= 0.6 is 0 Å². The normalized spacial score (nSPS) is 24.6. The number of H-pyrrole nitrogens is 1. The molecule has 1 aromatic rings. The average molecular weight is 276 g/mol. The third kappa shape index (κ3) is 3.03. The maximum Gasteiger partial charge on any atom is 0.222 e. The van der Waals surface area contributed by atoms with Gasteiger partial charge in [-0.15, -0.1) is 0 Å². The highest BCUT2D eigenvalue weighted by Crippen LogP contribution is 2.25. The van der Waals surface area contributed by atoms with Gasteiger partial charge in [-0.25, -0.2) is 0 Å². The minimum Gasteiger partial charge on any atom is -0.341 e. The smallest absolute Gasteiger partial charge is 0.222 e. The number of likely N-dealkylation sites (tertiary alicyclic amines) is 2. The first-order valence-corrected chi connectivity index (χ1v) is 7.74. The molecule has 0 saturated carbocycles. The predicted molar refractivity (Wildman–Crippen MR) is 77.6 cm³/mol. The molecule has 0 bridgehead atoms. The summed E-state index contributed by atoms with van der Waals surface area (Å²) < 4.78 is 0. The van der Waals surface area contributed by atoms with E-state index < -0.39 is 0 Å². The number of aromatic nitrogens is 2. The molecule has 2 aliphatic heterocycles. The highest BCUT2D eigenvalue weighted by molar-refractivity contribution is 5.78. The summed E-state index contributed by atoms with van der Waals surface area (Å²) in [5, 5.41) is 7.45. The van der Waals surface area contributed by atoms with Crippen LogP contribution in [0.4, 0.5) is 0 Å². The lowest BCUT2D eigenvalue weighted by molar-refractivity contribution is -0.127. The van der Waals surface area contributed by atoms with Gasteiger partial charge in [0, 0.05) is 44.2 Å². The molecule has 1 aromatic heterocycles. The zero-order chi connectivity index (χ0) is 13.9. The summed E-state index contributed by atoms with van der Waals surface area (Å²) in [5.41, 5.74) is 2.34. The van der Waals surface area contributed by atoms with E-state index in [0.717, 1.165) is 51.3 Å². The number of carbonyl (C=O) groups excluding carboxylic acids is 1. The fourth-order valence-electron chi connectivity index (χ4n) is 3.35. The lowest BCUT2D eigenvalue weighted by atomic mass is 9.94. The Morgan fingerprint density at radius 3 is 2.95 bits per heavy atom. The molecule has 0 spiro atoms. The molecule has 5 heteroatoms. The molecule has 0 radical (unpaired) electrons. The van der Waals surface area contributed by atoms with Gasteiger partial charge < -0.3 is 9.80 Å². The molecule has 0 aliphatic carbocycles. The molecule has 3 rings (SSSR count). The van der Waals surface area contributed by atoms with Crippen LogP contribution in [0.2, 0.25) is 0 Å². The van der Waals surface area contributed by atoms with Crippen molar-refractivity contribution in [2.24, 2.45) is 0 Å². The average Bonchev–Trinajstić information content (AvgIpc) is 3.06. The van der Waals surface area contributed by atoms with Crippen molar-refractivity contribution in [3.05, 3.63) is 17.5 Å². The van der Waals surface area contributed by atoms with Gasteiger partial charge in [0.15, 0.2) is 0 Å². The SMILES string of the molecule is Cc1cc([C@@H]2CCCN(CCN3CCCC3=O)C2)n[nH]1. The summed E-state index contributed by atoms with van der Waals surface area (Å²) in [6.45, 7) is 7.13. The van der Waals surface area contributed by atoms with Crippen molar-refractivity contribution in [3.63, 3.8) is 0 Å². The standard InChI is InChI=1S/C15H24N4O/c1-12-10-14(17-16-12)13-4-2-6-18(11-13)8-9-19-7-3-5-15(19)20/h10,13H,2-9,11H2,1H3,(H,16,17)/t13-/m1/s1. The van der Waals surface area contributed by atoms with Crippen molar-refractivity contribution in [1.29, 1.82) is 0 Å². The molecule has 0 unspecified atom stereocenters. The van der Waals surface area contributed by atoms with Crippen LogP contribution in [-0.4, -0.2) is 58.6 Å². The number of piperidine rings is 1. The highest BCUT2D eigenvalue weighted by Gasteiger charge is 2.25. The van der Waals surface area contributed by atoms with E-state index in [2.05, 4.69) is 28.1 Å². The monoisotopic (exact) mass is 276 g/mol. The van der Waals surface area contributed by atoms with Crippen LogP contribution in [0.3, 0.4) is 0 Å². The van der Waals surface area contributed by atoms with Gasteiger partial charge in [0.25, 0.3) is 0 Å². The number of hydrogen-bond acceptors (Lipinski definition) is 3. The number of aryl methyl sites for hydroxylation is 1. The van der Waals surface area contributed by atoms with Crippen molar-refractivity contribution in [2.45, 2.75) is 38.5 Å². The van der Waals surface area contributed by atoms with Crippen LogP contribution in [0.1, 0.15) is 43.0 Å². The first kappa shape index (κ1) is 13.6. The molecule has 2 fully saturated rings. The van der Waals surface area contributed by atoms with Gasteiger partial charge in [-0.05, 0) is 38.8 Å². The number of hydrogen-bond donors (Lipinski definition) is 1. The van der Waals surface area contributed by atoms with Crippen molar-refractivity contribution < 1.29 is 4.79 Å². The van der Waals surface area contributed by atoms with E-state index in [4.69, 9.17) is 0 Å². The Morgan fingerprint density at radius 2 is 2.25 bits per heavy atom. The lowest BCUT2D eigenvalue weighted by Gasteiger charge is -2.33. The van der Waals surface area contributed by atoms with Gasteiger partial charge in [0.2, 0.25) is 5.91 Å². The molecule has 2 saturated heterocycles. The number of aromatic amines is 1. The second-order valence-electron chi connectivity index (χ2n) is 6.10. The van der Waals surface area contributed by atoms with E-state index in [1.807, 2.05) is 4.90 Å². The maximum absolute atomic E-state index is 11.6. The summed E-state index contributed by atoms with van der Waals surface area (Å²) >= 11 is 0. The summed E-state index contributed by atoms with van der Waals surface area (Å²) in [6, 6.07) is 2.16. The van der Waals surface area contributed by atoms with Crippen LogP contribution < -0.4 is 0 Å². The van der Waals surface area contributed by atoms with Crippen LogP contribution in [0.25, 0.3) is 0 Å². The molecular formula is C15H24N4O. The van der Waals surface area contributed by atoms with Crippen LogP contribution in [-0.2, 0) is 4.79 Å². The zero-order valence-corrected chi connectivity index (χ0v) is 12.3. The Labute approximate surface area is 120 Å². The fraction of sp³-hybridized carbons (Fsp3) is 0.733. The molecule has 20 heavy (non-hydrogen) atoms. The Morgan fingerprint density at radius 1 is 1.35 bits per heavy atom. The maximum atomic E-state index is 11.6. The highest BCUT2D eigenvalue weighted by atomic mass is 16.2. The lowest BCUT2D eigenvalue weighted by Crippen LogP contribution is -2.40. The predicted octanol–water partition coefficient (Wildman–Crippen LogP) is 1.52. The fourth-order valence-corrected chi connectivity index (χ4v) is 3.35. The molecule has 2 aliphatic rings. The molecular weight excluding hydrogens is 252 g/mol. The van der Waals surface area contributed by atoms with Crippen LogP contribution in [0.5, 0.6) is 0 Å². The minimum absolute atomic E-state index is 0.335. The summed E-state index contributed by atoms with van der Waals surface area (Å²) in [5.74, 6) is 0.879. The van der Waals surface area contributed by atoms with E-state index in [1.165, 1.54) is 18.5 Å². The van der Waals surface area contributed by atoms with Crippen LogP contribution in [0, 0.1) is 6.92 Å². The molecule has 1 amide bonds. The van der Waals surface area contributed by atoms with Gasteiger partial charge in [0.1, 0.15) is 0 Å². The van der Waals surface area contributed by atoms with E-state index >= 15 is 0 Å². The molecule has 3 heterocycles. The van der Waals surface area contributed by atoms with Gasteiger partial charge in [-0.1, -0.05) is 0 Å². The van der Waals surface area contributed by atoms with E-state index in [1.54, 1.807) is 0 Å². The van der Waals surface area contributed by atoms with Gasteiger partial charge in [-0.2, -0.15) is 5.10 Å². The van der Waals surface area contributed by atoms with Crippen molar-refractivity contribution >= 4 is 5.91 Å². The third-order valence-corrected chi connectivity index (χ3v) is 4.51. The molecule has 1 N–H and O–H groups in total. The molecule has 5 nitrogen and oxygen atoms in total. The second kappa shape index (κ2) is 5.95. The van der Waals surface area contributed by atoms with Gasteiger partial charge in [-0.3, -0.25) is 9.89 Å². The quantitative estimate of drug-likeness (QED) is 0.907. The topological polar surface area (TPSA) is 52.2 Å². The van der Waals surface area contributed by atoms with Gasteiger partial charge >= 0.3 is 0 Å². The largest absolute Gasteiger partial charge is 0.341 e. The third-order valence-electron chi connectivity index (χ3n) is 4.51. The van der Waals surface area contributed by atoms with Crippen molar-refractivity contribution in [2.75, 3.05) is 32.7 Å². The Kier molecular flexibility index (Phi) is 4.05. The van der Waals surface area contributed by atoms with Gasteiger partial charge in [0.05, 0.1) is 5.69 Å². The zero-order valence-electron chi connectivity index (χ0n) is 12.3. The molecule has 1 atom stereocenters. The Hall–Kier alpha value is -1.36. The first-order chi connectivity index (χ1) is 9.72. The number of rotatable bonds is 4.